The van der Waals surface area contributed by atoms with Gasteiger partial charge in [0.15, 0.2) is 0 Å². The van der Waals surface area contributed by atoms with Gasteiger partial charge in [0, 0.05) is 11.9 Å². The second-order valence-corrected chi connectivity index (χ2v) is 9.72. The number of aromatic nitrogens is 1. The molecule has 0 saturated carbocycles. The standard InChI is InChI=1S/C24H24N2O6S/c1-30-16-10-11-21-20(15-16)18-12-13-25-22(19(24(27)31-2)9-6-14-32-25)23(18)26(21)33(28,29)17-7-4-3-5-8-17/h3-11,15,19,22H,12-14H2,1-2H3/t19-,22+/m1/s1. The van der Waals surface area contributed by atoms with Crippen molar-refractivity contribution < 1.29 is 27.5 Å². The Bertz CT molecular complexity index is 1350. The average molecular weight is 469 g/mol. The maximum atomic E-state index is 14.0. The molecule has 3 heterocycles. The van der Waals surface area contributed by atoms with Crippen molar-refractivity contribution in [1.29, 1.82) is 0 Å². The number of ether oxygens (including phenoxy) is 2. The molecule has 2 aromatic carbocycles. The summed E-state index contributed by atoms with van der Waals surface area (Å²) in [5.74, 6) is -0.554. The van der Waals surface area contributed by atoms with Crippen LogP contribution in [0.3, 0.4) is 0 Å². The maximum absolute atomic E-state index is 14.0. The van der Waals surface area contributed by atoms with Crippen LogP contribution in [-0.2, 0) is 30.8 Å². The number of hydrogen-bond acceptors (Lipinski definition) is 7. The zero-order valence-corrected chi connectivity index (χ0v) is 19.1. The van der Waals surface area contributed by atoms with Crippen LogP contribution in [0.5, 0.6) is 5.75 Å². The number of nitrogens with zero attached hydrogens (tertiary/aromatic N) is 2. The van der Waals surface area contributed by atoms with Crippen LogP contribution < -0.4 is 4.74 Å². The first-order chi connectivity index (χ1) is 16.0. The summed E-state index contributed by atoms with van der Waals surface area (Å²) < 4.78 is 39.8. The molecule has 172 valence electrons. The third kappa shape index (κ3) is 3.43. The smallest absolute Gasteiger partial charge is 0.314 e. The van der Waals surface area contributed by atoms with E-state index in [0.29, 0.717) is 36.5 Å². The van der Waals surface area contributed by atoms with Crippen LogP contribution in [0.15, 0.2) is 65.6 Å². The molecule has 0 aliphatic carbocycles. The van der Waals surface area contributed by atoms with Gasteiger partial charge in [-0.05, 0) is 42.3 Å². The molecule has 1 aromatic heterocycles. The Morgan fingerprint density at radius 3 is 2.64 bits per heavy atom. The normalized spacial score (nSPS) is 20.7. The molecule has 0 N–H and O–H groups in total. The molecule has 0 spiro atoms. The Labute approximate surface area is 192 Å². The summed E-state index contributed by atoms with van der Waals surface area (Å²) >= 11 is 0. The number of rotatable bonds is 4. The van der Waals surface area contributed by atoms with Crippen molar-refractivity contribution in [3.63, 3.8) is 0 Å². The topological polar surface area (TPSA) is 87.1 Å². The molecule has 33 heavy (non-hydrogen) atoms. The van der Waals surface area contributed by atoms with Gasteiger partial charge in [-0.3, -0.25) is 9.63 Å². The van der Waals surface area contributed by atoms with Crippen LogP contribution in [0, 0.1) is 5.92 Å². The summed E-state index contributed by atoms with van der Waals surface area (Å²) in [4.78, 5) is 18.9. The first-order valence-electron chi connectivity index (χ1n) is 10.6. The second-order valence-electron chi connectivity index (χ2n) is 7.94. The monoisotopic (exact) mass is 468 g/mol. The Balaban J connectivity index is 1.85. The van der Waals surface area contributed by atoms with Gasteiger partial charge in [0.2, 0.25) is 0 Å². The highest BCUT2D eigenvalue weighted by Crippen LogP contribution is 2.44. The van der Waals surface area contributed by atoms with Crippen molar-refractivity contribution in [2.75, 3.05) is 27.4 Å². The zero-order chi connectivity index (χ0) is 23.2. The Morgan fingerprint density at radius 2 is 1.91 bits per heavy atom. The SMILES string of the molecule is COC(=O)[C@@H]1C=CCON2CCc3c(n(S(=O)(=O)c4ccccc4)c4ccc(OC)cc34)[C@H]12. The molecule has 0 unspecified atom stereocenters. The molecule has 0 fully saturated rings. The van der Waals surface area contributed by atoms with E-state index in [2.05, 4.69) is 0 Å². The van der Waals surface area contributed by atoms with Gasteiger partial charge in [0.05, 0.1) is 48.9 Å². The maximum Gasteiger partial charge on any atom is 0.314 e. The predicted molar refractivity (Wildman–Crippen MR) is 121 cm³/mol. The fourth-order valence-electron chi connectivity index (χ4n) is 4.75. The van der Waals surface area contributed by atoms with Gasteiger partial charge in [-0.2, -0.15) is 5.06 Å². The van der Waals surface area contributed by atoms with Crippen LogP contribution >= 0.6 is 0 Å². The van der Waals surface area contributed by atoms with E-state index in [0.717, 1.165) is 10.9 Å². The molecule has 3 aromatic rings. The van der Waals surface area contributed by atoms with Crippen molar-refractivity contribution in [3.05, 3.63) is 71.9 Å². The molecule has 0 bridgehead atoms. The molecular weight excluding hydrogens is 444 g/mol. The molecule has 9 heteroatoms. The van der Waals surface area contributed by atoms with Gasteiger partial charge in [-0.25, -0.2) is 12.4 Å². The van der Waals surface area contributed by atoms with Gasteiger partial charge in [-0.15, -0.1) is 0 Å². The van der Waals surface area contributed by atoms with E-state index in [9.17, 15) is 13.2 Å². The molecule has 8 nitrogen and oxygen atoms in total. The average Bonchev–Trinajstić information content (AvgIpc) is 3.02. The minimum Gasteiger partial charge on any atom is -0.497 e. The number of hydrogen-bond donors (Lipinski definition) is 0. The lowest BCUT2D eigenvalue weighted by molar-refractivity contribution is -0.194. The van der Waals surface area contributed by atoms with E-state index < -0.39 is 28.0 Å². The molecule has 0 amide bonds. The fourth-order valence-corrected chi connectivity index (χ4v) is 6.36. The summed E-state index contributed by atoms with van der Waals surface area (Å²) in [6.07, 6.45) is 4.06. The van der Waals surface area contributed by atoms with E-state index in [1.165, 1.54) is 11.1 Å². The van der Waals surface area contributed by atoms with Crippen LogP contribution in [0.2, 0.25) is 0 Å². The minimum atomic E-state index is -3.98. The third-order valence-electron chi connectivity index (χ3n) is 6.22. The highest BCUT2D eigenvalue weighted by Gasteiger charge is 2.44. The molecular formula is C24H24N2O6S. The van der Waals surface area contributed by atoms with Crippen molar-refractivity contribution in [1.82, 2.24) is 9.04 Å². The van der Waals surface area contributed by atoms with Gasteiger partial charge < -0.3 is 9.47 Å². The summed E-state index contributed by atoms with van der Waals surface area (Å²) in [7, 11) is -1.08. The number of methoxy groups -OCH3 is 2. The Hall–Kier alpha value is -3.14. The first kappa shape index (κ1) is 21.7. The minimum absolute atomic E-state index is 0.164. The van der Waals surface area contributed by atoms with Crippen molar-refractivity contribution in [2.45, 2.75) is 17.4 Å². The van der Waals surface area contributed by atoms with Crippen LogP contribution in [0.4, 0.5) is 0 Å². The summed E-state index contributed by atoms with van der Waals surface area (Å²) in [5.41, 5.74) is 1.90. The van der Waals surface area contributed by atoms with Gasteiger partial charge in [0.1, 0.15) is 5.75 Å². The molecule has 0 radical (unpaired) electrons. The lowest BCUT2D eigenvalue weighted by Crippen LogP contribution is -2.42. The van der Waals surface area contributed by atoms with Crippen LogP contribution in [-0.4, -0.2) is 50.8 Å². The lowest BCUT2D eigenvalue weighted by atomic mass is 9.89. The summed E-state index contributed by atoms with van der Waals surface area (Å²) in [6.45, 7) is 0.799. The van der Waals surface area contributed by atoms with E-state index in [1.807, 2.05) is 6.07 Å². The highest BCUT2D eigenvalue weighted by atomic mass is 32.2. The largest absolute Gasteiger partial charge is 0.497 e. The van der Waals surface area contributed by atoms with Crippen molar-refractivity contribution >= 4 is 26.9 Å². The number of esters is 1. The fraction of sp³-hybridized carbons (Fsp3) is 0.292. The van der Waals surface area contributed by atoms with Crippen LogP contribution in [0.1, 0.15) is 17.3 Å². The Morgan fingerprint density at radius 1 is 1.12 bits per heavy atom. The Kier molecular flexibility index (Phi) is 5.48. The number of carbonyl (C=O) groups is 1. The molecule has 2 aliphatic heterocycles. The van der Waals surface area contributed by atoms with E-state index in [1.54, 1.807) is 66.8 Å². The number of hydroxylamine groups is 2. The summed E-state index contributed by atoms with van der Waals surface area (Å²) in [5, 5.41) is 2.48. The molecule has 2 aliphatic rings. The second kappa shape index (κ2) is 8.33. The predicted octanol–water partition coefficient (Wildman–Crippen LogP) is 3.08. The zero-order valence-electron chi connectivity index (χ0n) is 18.3. The van der Waals surface area contributed by atoms with Gasteiger partial charge >= 0.3 is 5.97 Å². The van der Waals surface area contributed by atoms with E-state index in [4.69, 9.17) is 14.3 Å². The third-order valence-corrected chi connectivity index (χ3v) is 7.97. The van der Waals surface area contributed by atoms with E-state index in [-0.39, 0.29) is 4.90 Å². The van der Waals surface area contributed by atoms with Crippen molar-refractivity contribution in [3.8, 4) is 5.75 Å². The van der Waals surface area contributed by atoms with Crippen molar-refractivity contribution in [2.24, 2.45) is 5.92 Å². The number of carbonyl (C=O) groups excluding carboxylic acids is 1. The molecule has 5 rings (SSSR count). The quantitative estimate of drug-likeness (QED) is 0.430. The molecule has 0 saturated heterocycles. The summed E-state index contributed by atoms with van der Waals surface area (Å²) in [6, 6.07) is 13.0. The van der Waals surface area contributed by atoms with E-state index >= 15 is 0 Å². The van der Waals surface area contributed by atoms with Gasteiger partial charge in [0.25, 0.3) is 10.0 Å². The number of fused-ring (bicyclic) bond motifs is 5. The first-order valence-corrected chi connectivity index (χ1v) is 12.1. The highest BCUT2D eigenvalue weighted by molar-refractivity contribution is 7.90. The van der Waals surface area contributed by atoms with Crippen LogP contribution in [0.25, 0.3) is 10.9 Å². The van der Waals surface area contributed by atoms with Gasteiger partial charge in [-0.1, -0.05) is 30.4 Å². The lowest BCUT2D eigenvalue weighted by Gasteiger charge is -2.37. The molecule has 2 atom stereocenters. The number of benzene rings is 2.